The monoisotopic (exact) mass is 838 g/mol. The third kappa shape index (κ3) is 6.26. The summed E-state index contributed by atoms with van der Waals surface area (Å²) in [5, 5.41) is 7.39. The SMILES string of the molecule is c1ccc(-c2ccc(-c3ccc4c(c3)c3cc(-c5ccc6c(c5)c5ccccc5n6-c5cccc(-c6ccccc6)c5)ccc3n4-c3ccc(-c4ccccc4)c4ccccc34)cc2)cc1. The highest BCUT2D eigenvalue weighted by Crippen LogP contribution is 2.42. The molecule has 0 atom stereocenters. The van der Waals surface area contributed by atoms with Gasteiger partial charge in [0, 0.05) is 32.6 Å². The van der Waals surface area contributed by atoms with E-state index in [1.54, 1.807) is 0 Å². The molecule has 0 unspecified atom stereocenters. The molecule has 0 bridgehead atoms. The summed E-state index contributed by atoms with van der Waals surface area (Å²) >= 11 is 0. The van der Waals surface area contributed by atoms with Crippen LogP contribution in [0.15, 0.2) is 255 Å². The fraction of sp³-hybridized carbons (Fsp3) is 0. The summed E-state index contributed by atoms with van der Waals surface area (Å²) in [6, 6.07) is 93.2. The average molecular weight is 839 g/mol. The molecule has 2 heterocycles. The number of fused-ring (bicyclic) bond motifs is 7. The van der Waals surface area contributed by atoms with E-state index in [2.05, 4.69) is 264 Å². The van der Waals surface area contributed by atoms with Crippen LogP contribution in [0.4, 0.5) is 0 Å². The molecule has 66 heavy (non-hydrogen) atoms. The van der Waals surface area contributed by atoms with E-state index in [1.807, 2.05) is 0 Å². The zero-order valence-electron chi connectivity index (χ0n) is 36.1. The van der Waals surface area contributed by atoms with Gasteiger partial charge in [0.15, 0.2) is 0 Å². The van der Waals surface area contributed by atoms with Gasteiger partial charge >= 0.3 is 0 Å². The summed E-state index contributed by atoms with van der Waals surface area (Å²) < 4.78 is 4.90. The van der Waals surface area contributed by atoms with Crippen molar-refractivity contribution in [3.05, 3.63) is 255 Å². The Hall–Kier alpha value is -8.72. The second kappa shape index (κ2) is 15.5. The van der Waals surface area contributed by atoms with E-state index in [9.17, 15) is 0 Å². The highest BCUT2D eigenvalue weighted by Gasteiger charge is 2.19. The van der Waals surface area contributed by atoms with Crippen LogP contribution in [0, 0.1) is 0 Å². The normalized spacial score (nSPS) is 11.6. The summed E-state index contributed by atoms with van der Waals surface area (Å²) in [5.41, 5.74) is 19.2. The van der Waals surface area contributed by atoms with Gasteiger partial charge in [-0.1, -0.05) is 194 Å². The van der Waals surface area contributed by atoms with Gasteiger partial charge in [-0.25, -0.2) is 0 Å². The molecule has 0 N–H and O–H groups in total. The number of benzene rings is 11. The Kier molecular flexibility index (Phi) is 8.89. The zero-order valence-corrected chi connectivity index (χ0v) is 36.1. The Morgan fingerprint density at radius 2 is 0.591 bits per heavy atom. The van der Waals surface area contributed by atoms with Crippen LogP contribution in [-0.4, -0.2) is 9.13 Å². The molecular formula is C64H42N2. The molecule has 2 nitrogen and oxygen atoms in total. The Bertz CT molecular complexity index is 3950. The first-order valence-electron chi connectivity index (χ1n) is 22.7. The van der Waals surface area contributed by atoms with Crippen molar-refractivity contribution in [1.82, 2.24) is 9.13 Å². The van der Waals surface area contributed by atoms with E-state index in [1.165, 1.54) is 116 Å². The molecule has 0 aliphatic heterocycles. The van der Waals surface area contributed by atoms with Gasteiger partial charge in [-0.15, -0.1) is 0 Å². The summed E-state index contributed by atoms with van der Waals surface area (Å²) in [7, 11) is 0. The van der Waals surface area contributed by atoms with Crippen molar-refractivity contribution in [2.75, 3.05) is 0 Å². The van der Waals surface area contributed by atoms with E-state index >= 15 is 0 Å². The Morgan fingerprint density at radius 3 is 1.21 bits per heavy atom. The van der Waals surface area contributed by atoms with E-state index < -0.39 is 0 Å². The molecule has 0 amide bonds. The summed E-state index contributed by atoms with van der Waals surface area (Å²) in [6.45, 7) is 0. The maximum absolute atomic E-state index is 2.48. The molecule has 2 heteroatoms. The second-order valence-electron chi connectivity index (χ2n) is 17.3. The summed E-state index contributed by atoms with van der Waals surface area (Å²) in [5.74, 6) is 0. The second-order valence-corrected chi connectivity index (χ2v) is 17.3. The van der Waals surface area contributed by atoms with Crippen molar-refractivity contribution in [3.63, 3.8) is 0 Å². The molecule has 0 radical (unpaired) electrons. The predicted octanol–water partition coefficient (Wildman–Crippen LogP) is 17.4. The lowest BCUT2D eigenvalue weighted by atomic mass is 9.97. The van der Waals surface area contributed by atoms with Crippen molar-refractivity contribution in [1.29, 1.82) is 0 Å². The lowest BCUT2D eigenvalue weighted by Crippen LogP contribution is -1.96. The van der Waals surface area contributed by atoms with E-state index in [-0.39, 0.29) is 0 Å². The molecular weight excluding hydrogens is 797 g/mol. The van der Waals surface area contributed by atoms with Crippen LogP contribution in [0.5, 0.6) is 0 Å². The summed E-state index contributed by atoms with van der Waals surface area (Å²) in [6.07, 6.45) is 0. The predicted molar refractivity (Wildman–Crippen MR) is 280 cm³/mol. The molecule has 13 rings (SSSR count). The van der Waals surface area contributed by atoms with Gasteiger partial charge in [0.1, 0.15) is 0 Å². The number of hydrogen-bond donors (Lipinski definition) is 0. The molecule has 0 spiro atoms. The topological polar surface area (TPSA) is 9.86 Å². The van der Waals surface area contributed by atoms with Gasteiger partial charge < -0.3 is 9.13 Å². The maximum Gasteiger partial charge on any atom is 0.0541 e. The van der Waals surface area contributed by atoms with Gasteiger partial charge in [-0.05, 0) is 122 Å². The fourth-order valence-corrected chi connectivity index (χ4v) is 10.4. The first-order valence-corrected chi connectivity index (χ1v) is 22.7. The van der Waals surface area contributed by atoms with Gasteiger partial charge in [-0.2, -0.15) is 0 Å². The number of aromatic nitrogens is 2. The van der Waals surface area contributed by atoms with Crippen molar-refractivity contribution >= 4 is 54.4 Å². The van der Waals surface area contributed by atoms with Crippen LogP contribution >= 0.6 is 0 Å². The van der Waals surface area contributed by atoms with Crippen molar-refractivity contribution in [2.45, 2.75) is 0 Å². The van der Waals surface area contributed by atoms with Crippen LogP contribution in [0.3, 0.4) is 0 Å². The molecule has 0 aliphatic carbocycles. The molecule has 13 aromatic rings. The van der Waals surface area contributed by atoms with Crippen molar-refractivity contribution < 1.29 is 0 Å². The Balaban J connectivity index is 0.993. The van der Waals surface area contributed by atoms with E-state index in [0.29, 0.717) is 0 Å². The molecule has 0 saturated heterocycles. The molecule has 0 aliphatic rings. The standard InChI is InChI=1S/C64H42N2/c1-4-15-43(16-5-1)45-27-29-46(30-28-45)49-31-36-63-58(40-49)59-42-51(33-37-64(59)66(63)61-38-34-53(47-19-8-3-9-20-47)54-23-10-11-24-55(54)61)50-32-35-62-57(41-50)56-25-12-13-26-60(56)65(62)52-22-14-21-48(39-52)44-17-6-2-7-18-44/h1-42H. The van der Waals surface area contributed by atoms with Gasteiger partial charge in [-0.3, -0.25) is 0 Å². The summed E-state index contributed by atoms with van der Waals surface area (Å²) in [4.78, 5) is 0. The maximum atomic E-state index is 2.48. The van der Waals surface area contributed by atoms with E-state index in [4.69, 9.17) is 0 Å². The fourth-order valence-electron chi connectivity index (χ4n) is 10.4. The quantitative estimate of drug-likeness (QED) is 0.151. The molecule has 11 aromatic carbocycles. The average Bonchev–Trinajstić information content (AvgIpc) is 3.91. The zero-order chi connectivity index (χ0) is 43.6. The molecule has 2 aromatic heterocycles. The molecule has 0 saturated carbocycles. The largest absolute Gasteiger partial charge is 0.309 e. The number of para-hydroxylation sites is 1. The van der Waals surface area contributed by atoms with Crippen molar-refractivity contribution in [3.8, 4) is 67.0 Å². The minimum absolute atomic E-state index is 1.15. The van der Waals surface area contributed by atoms with E-state index in [0.717, 1.165) is 5.69 Å². The number of nitrogens with zero attached hydrogens (tertiary/aromatic N) is 2. The molecule has 308 valence electrons. The Labute approximate surface area is 383 Å². The van der Waals surface area contributed by atoms with Crippen molar-refractivity contribution in [2.24, 2.45) is 0 Å². The Morgan fingerprint density at radius 1 is 0.197 bits per heavy atom. The first kappa shape index (κ1) is 37.8. The van der Waals surface area contributed by atoms with Crippen LogP contribution in [0.2, 0.25) is 0 Å². The van der Waals surface area contributed by atoms with Gasteiger partial charge in [0.25, 0.3) is 0 Å². The van der Waals surface area contributed by atoms with Crippen LogP contribution in [0.1, 0.15) is 0 Å². The minimum Gasteiger partial charge on any atom is -0.309 e. The first-order chi connectivity index (χ1) is 32.7. The third-order valence-corrected chi connectivity index (χ3v) is 13.5. The highest BCUT2D eigenvalue weighted by molar-refractivity contribution is 6.15. The number of hydrogen-bond acceptors (Lipinski definition) is 0. The number of rotatable bonds is 7. The van der Waals surface area contributed by atoms with Gasteiger partial charge in [0.2, 0.25) is 0 Å². The van der Waals surface area contributed by atoms with Crippen LogP contribution < -0.4 is 0 Å². The van der Waals surface area contributed by atoms with Crippen LogP contribution in [0.25, 0.3) is 121 Å². The lowest BCUT2D eigenvalue weighted by molar-refractivity contribution is 1.18. The minimum atomic E-state index is 1.15. The highest BCUT2D eigenvalue weighted by atomic mass is 15.0. The molecule has 0 fully saturated rings. The lowest BCUT2D eigenvalue weighted by Gasteiger charge is -2.15. The van der Waals surface area contributed by atoms with Gasteiger partial charge in [0.05, 0.1) is 27.8 Å². The van der Waals surface area contributed by atoms with Crippen LogP contribution in [-0.2, 0) is 0 Å². The smallest absolute Gasteiger partial charge is 0.0541 e. The third-order valence-electron chi connectivity index (χ3n) is 13.5.